The van der Waals surface area contributed by atoms with E-state index in [2.05, 4.69) is 16.7 Å². The van der Waals surface area contributed by atoms with Crippen molar-refractivity contribution in [3.63, 3.8) is 0 Å². The summed E-state index contributed by atoms with van der Waals surface area (Å²) in [5.74, 6) is -0.332. The number of amides is 1. The summed E-state index contributed by atoms with van der Waals surface area (Å²) in [7, 11) is 0. The van der Waals surface area contributed by atoms with Gasteiger partial charge in [-0.3, -0.25) is 9.69 Å². The molecule has 1 saturated heterocycles. The molecule has 0 aromatic carbocycles. The average Bonchev–Trinajstić information content (AvgIpc) is 2.40. The number of primary amides is 1. The van der Waals surface area contributed by atoms with Crippen LogP contribution in [0.1, 0.15) is 39.0 Å². The summed E-state index contributed by atoms with van der Waals surface area (Å²) in [5, 5.41) is 0. The maximum Gasteiger partial charge on any atom is 0.237 e. The first-order valence-corrected chi connectivity index (χ1v) is 7.60. The Balaban J connectivity index is 1.87. The Morgan fingerprint density at radius 1 is 1.32 bits per heavy atom. The van der Waals surface area contributed by atoms with Crippen LogP contribution in [0, 0.1) is 0 Å². The van der Waals surface area contributed by atoms with Crippen LogP contribution in [0.25, 0.3) is 0 Å². The fourth-order valence-corrected chi connectivity index (χ4v) is 3.48. The van der Waals surface area contributed by atoms with E-state index in [0.717, 1.165) is 51.9 Å². The third-order valence-corrected chi connectivity index (χ3v) is 4.71. The highest BCUT2D eigenvalue weighted by Crippen LogP contribution is 2.29. The molecular formula is C14H28N4O. The second-order valence-corrected chi connectivity index (χ2v) is 6.15. The zero-order valence-electron chi connectivity index (χ0n) is 12.1. The molecule has 1 aliphatic carbocycles. The summed E-state index contributed by atoms with van der Waals surface area (Å²) in [6.07, 6.45) is 4.86. The van der Waals surface area contributed by atoms with Gasteiger partial charge in [-0.25, -0.2) is 0 Å². The molecular weight excluding hydrogens is 240 g/mol. The Bertz CT molecular complexity index is 315. The Morgan fingerprint density at radius 3 is 2.58 bits per heavy atom. The largest absolute Gasteiger partial charge is 0.368 e. The quantitative estimate of drug-likeness (QED) is 0.760. The van der Waals surface area contributed by atoms with Crippen molar-refractivity contribution >= 4 is 5.91 Å². The lowest BCUT2D eigenvalue weighted by Gasteiger charge is -2.44. The van der Waals surface area contributed by atoms with Gasteiger partial charge in [0.05, 0.1) is 5.54 Å². The van der Waals surface area contributed by atoms with Crippen molar-refractivity contribution in [3.8, 4) is 0 Å². The normalized spacial score (nSPS) is 34.3. The van der Waals surface area contributed by atoms with Crippen LogP contribution in [0.3, 0.4) is 0 Å². The van der Waals surface area contributed by atoms with Crippen molar-refractivity contribution in [2.75, 3.05) is 32.7 Å². The molecule has 0 spiro atoms. The van der Waals surface area contributed by atoms with Gasteiger partial charge in [0, 0.05) is 32.2 Å². The van der Waals surface area contributed by atoms with Crippen LogP contribution < -0.4 is 11.5 Å². The number of carbonyl (C=O) groups is 1. The highest BCUT2D eigenvalue weighted by Gasteiger charge is 2.40. The highest BCUT2D eigenvalue weighted by molar-refractivity contribution is 5.84. The molecule has 1 heterocycles. The van der Waals surface area contributed by atoms with Gasteiger partial charge in [0.1, 0.15) is 0 Å². The second-order valence-electron chi connectivity index (χ2n) is 6.15. The predicted octanol–water partition coefficient (Wildman–Crippen LogP) is 0.139. The third kappa shape index (κ3) is 3.46. The highest BCUT2D eigenvalue weighted by atomic mass is 16.1. The number of hydrogen-bond acceptors (Lipinski definition) is 4. The minimum atomic E-state index is -0.774. The molecule has 1 saturated carbocycles. The first kappa shape index (κ1) is 14.8. The molecule has 110 valence electrons. The standard InChI is InChI=1S/C14H28N4O/c1-2-6-17-7-9-18(10-8-17)12-4-3-5-14(16,11-12)13(15)19/h12H,2-11,16H2,1H3,(H2,15,19). The Morgan fingerprint density at radius 2 is 2.00 bits per heavy atom. The van der Waals surface area contributed by atoms with Gasteiger partial charge in [-0.1, -0.05) is 6.92 Å². The van der Waals surface area contributed by atoms with E-state index in [4.69, 9.17) is 11.5 Å². The minimum Gasteiger partial charge on any atom is -0.368 e. The average molecular weight is 268 g/mol. The van der Waals surface area contributed by atoms with Gasteiger partial charge in [-0.2, -0.15) is 0 Å². The number of hydrogen-bond donors (Lipinski definition) is 2. The Hall–Kier alpha value is -0.650. The van der Waals surface area contributed by atoms with Gasteiger partial charge in [0.25, 0.3) is 0 Å². The van der Waals surface area contributed by atoms with Crippen LogP contribution >= 0.6 is 0 Å². The molecule has 1 aliphatic heterocycles. The molecule has 2 atom stereocenters. The van der Waals surface area contributed by atoms with E-state index < -0.39 is 5.54 Å². The summed E-state index contributed by atoms with van der Waals surface area (Å²) in [6.45, 7) is 7.89. The van der Waals surface area contributed by atoms with Gasteiger partial charge >= 0.3 is 0 Å². The lowest BCUT2D eigenvalue weighted by molar-refractivity contribution is -0.125. The van der Waals surface area contributed by atoms with E-state index in [-0.39, 0.29) is 5.91 Å². The van der Waals surface area contributed by atoms with Crippen molar-refractivity contribution < 1.29 is 4.79 Å². The zero-order valence-corrected chi connectivity index (χ0v) is 12.1. The molecule has 0 aromatic heterocycles. The molecule has 5 heteroatoms. The fraction of sp³-hybridized carbons (Fsp3) is 0.929. The van der Waals surface area contributed by atoms with E-state index >= 15 is 0 Å². The first-order valence-electron chi connectivity index (χ1n) is 7.60. The van der Waals surface area contributed by atoms with Gasteiger partial charge in [-0.05, 0) is 38.6 Å². The number of piperazine rings is 1. The van der Waals surface area contributed by atoms with Crippen LogP contribution in [0.2, 0.25) is 0 Å². The summed E-state index contributed by atoms with van der Waals surface area (Å²) in [6, 6.07) is 0.440. The molecule has 0 aromatic rings. The summed E-state index contributed by atoms with van der Waals surface area (Å²) in [4.78, 5) is 16.5. The topological polar surface area (TPSA) is 75.6 Å². The van der Waals surface area contributed by atoms with Crippen molar-refractivity contribution in [1.29, 1.82) is 0 Å². The molecule has 0 bridgehead atoms. The van der Waals surface area contributed by atoms with E-state index in [0.29, 0.717) is 6.04 Å². The van der Waals surface area contributed by atoms with Crippen LogP contribution in [0.15, 0.2) is 0 Å². The zero-order chi connectivity index (χ0) is 13.9. The minimum absolute atomic E-state index is 0.332. The van der Waals surface area contributed by atoms with Crippen molar-refractivity contribution in [2.45, 2.75) is 50.6 Å². The number of nitrogens with zero attached hydrogens (tertiary/aromatic N) is 2. The van der Waals surface area contributed by atoms with Crippen molar-refractivity contribution in [3.05, 3.63) is 0 Å². The maximum absolute atomic E-state index is 11.5. The monoisotopic (exact) mass is 268 g/mol. The predicted molar refractivity (Wildman–Crippen MR) is 76.7 cm³/mol. The molecule has 0 radical (unpaired) electrons. The van der Waals surface area contributed by atoms with Crippen LogP contribution in [0.4, 0.5) is 0 Å². The lowest BCUT2D eigenvalue weighted by atomic mass is 9.78. The van der Waals surface area contributed by atoms with Crippen molar-refractivity contribution in [2.24, 2.45) is 11.5 Å². The first-order chi connectivity index (χ1) is 9.05. The number of rotatable bonds is 4. The number of carbonyl (C=O) groups excluding carboxylic acids is 1. The lowest BCUT2D eigenvalue weighted by Crippen LogP contribution is -2.60. The molecule has 4 N–H and O–H groups in total. The van der Waals surface area contributed by atoms with Gasteiger partial charge < -0.3 is 16.4 Å². The smallest absolute Gasteiger partial charge is 0.237 e. The molecule has 2 fully saturated rings. The molecule has 5 nitrogen and oxygen atoms in total. The van der Waals surface area contributed by atoms with Crippen LogP contribution in [0.5, 0.6) is 0 Å². The fourth-order valence-electron chi connectivity index (χ4n) is 3.48. The summed E-state index contributed by atoms with van der Waals surface area (Å²) >= 11 is 0. The molecule has 2 unspecified atom stereocenters. The molecule has 1 amide bonds. The summed E-state index contributed by atoms with van der Waals surface area (Å²) in [5.41, 5.74) is 10.9. The van der Waals surface area contributed by atoms with Crippen LogP contribution in [-0.2, 0) is 4.79 Å². The van der Waals surface area contributed by atoms with E-state index in [1.807, 2.05) is 0 Å². The van der Waals surface area contributed by atoms with E-state index in [1.165, 1.54) is 13.0 Å². The SMILES string of the molecule is CCCN1CCN(C2CCCC(N)(C(N)=O)C2)CC1. The molecule has 2 aliphatic rings. The van der Waals surface area contributed by atoms with Crippen molar-refractivity contribution in [1.82, 2.24) is 9.80 Å². The molecule has 2 rings (SSSR count). The molecule has 19 heavy (non-hydrogen) atoms. The summed E-state index contributed by atoms with van der Waals surface area (Å²) < 4.78 is 0. The van der Waals surface area contributed by atoms with Gasteiger partial charge in [0.15, 0.2) is 0 Å². The van der Waals surface area contributed by atoms with Crippen LogP contribution in [-0.4, -0.2) is 60.0 Å². The Kier molecular flexibility index (Phi) is 4.81. The van der Waals surface area contributed by atoms with E-state index in [1.54, 1.807) is 0 Å². The maximum atomic E-state index is 11.5. The Labute approximate surface area is 116 Å². The van der Waals surface area contributed by atoms with E-state index in [9.17, 15) is 4.79 Å². The third-order valence-electron chi connectivity index (χ3n) is 4.71. The van der Waals surface area contributed by atoms with Gasteiger partial charge in [-0.15, -0.1) is 0 Å². The second kappa shape index (κ2) is 6.20. The number of nitrogens with two attached hydrogens (primary N) is 2. The van der Waals surface area contributed by atoms with Gasteiger partial charge in [0.2, 0.25) is 5.91 Å².